The predicted molar refractivity (Wildman–Crippen MR) is 94.0 cm³/mol. The molecule has 134 valence electrons. The molecule has 0 bridgehead atoms. The van der Waals surface area contributed by atoms with Gasteiger partial charge in [-0.25, -0.2) is 9.18 Å². The second-order valence-electron chi connectivity index (χ2n) is 5.38. The number of carboxylic acid groups (broad SMARTS) is 1. The normalized spacial score (nSPS) is 10.9. The van der Waals surface area contributed by atoms with Crippen molar-refractivity contribution in [1.82, 2.24) is 4.57 Å². The summed E-state index contributed by atoms with van der Waals surface area (Å²) >= 11 is 5.84. The maximum Gasteiger partial charge on any atom is 0.341 e. The lowest BCUT2D eigenvalue weighted by Gasteiger charge is -2.14. The predicted octanol–water partition coefficient (Wildman–Crippen LogP) is 3.46. The Kier molecular flexibility index (Phi) is 4.92. The van der Waals surface area contributed by atoms with Gasteiger partial charge in [0, 0.05) is 24.4 Å². The largest absolute Gasteiger partial charge is 0.477 e. The molecule has 0 fully saturated rings. The summed E-state index contributed by atoms with van der Waals surface area (Å²) in [4.78, 5) is 23.8. The summed E-state index contributed by atoms with van der Waals surface area (Å²) in [6.07, 6.45) is 1.19. The van der Waals surface area contributed by atoms with E-state index in [9.17, 15) is 19.1 Å². The van der Waals surface area contributed by atoms with E-state index in [2.05, 4.69) is 0 Å². The fourth-order valence-electron chi connectivity index (χ4n) is 2.52. The average molecular weight is 378 g/mol. The van der Waals surface area contributed by atoms with Crippen molar-refractivity contribution in [3.63, 3.8) is 0 Å². The number of pyridine rings is 1. The van der Waals surface area contributed by atoms with E-state index in [1.807, 2.05) is 0 Å². The molecule has 0 saturated carbocycles. The molecule has 0 radical (unpaired) electrons. The monoisotopic (exact) mass is 377 g/mol. The molecule has 1 N–H and O–H groups in total. The van der Waals surface area contributed by atoms with Crippen LogP contribution in [-0.4, -0.2) is 29.5 Å². The first-order chi connectivity index (χ1) is 12.4. The number of hydrogen-bond donors (Lipinski definition) is 1. The molecule has 0 aliphatic rings. The van der Waals surface area contributed by atoms with Gasteiger partial charge in [0.05, 0.1) is 10.5 Å². The maximum atomic E-state index is 13.8. The number of methoxy groups -OCH3 is 1. The number of aromatic nitrogens is 1. The molecule has 26 heavy (non-hydrogen) atoms. The zero-order chi connectivity index (χ0) is 18.8. The summed E-state index contributed by atoms with van der Waals surface area (Å²) < 4.78 is 25.4. The highest BCUT2D eigenvalue weighted by atomic mass is 35.5. The van der Waals surface area contributed by atoms with Gasteiger partial charge in [-0.3, -0.25) is 4.79 Å². The van der Waals surface area contributed by atoms with E-state index < -0.39 is 22.8 Å². The van der Waals surface area contributed by atoms with Crippen LogP contribution in [0.15, 0.2) is 47.4 Å². The van der Waals surface area contributed by atoms with Crippen molar-refractivity contribution in [2.24, 2.45) is 0 Å². The molecule has 0 amide bonds. The number of nitrogens with zero attached hydrogens (tertiary/aromatic N) is 1. The average Bonchev–Trinajstić information content (AvgIpc) is 2.62. The molecule has 1 heterocycles. The van der Waals surface area contributed by atoms with Gasteiger partial charge in [-0.1, -0.05) is 11.6 Å². The van der Waals surface area contributed by atoms with Crippen LogP contribution in [0, 0.1) is 5.82 Å². The zero-order valence-corrected chi connectivity index (χ0v) is 14.3. The molecule has 0 atom stereocenters. The number of carboxylic acids is 1. The summed E-state index contributed by atoms with van der Waals surface area (Å²) in [6.45, 7) is 0.0817. The van der Waals surface area contributed by atoms with E-state index in [0.29, 0.717) is 11.4 Å². The summed E-state index contributed by atoms with van der Waals surface area (Å²) in [7, 11) is 1.50. The number of fused-ring (bicyclic) bond motifs is 1. The number of ether oxygens (including phenoxy) is 2. The van der Waals surface area contributed by atoms with Crippen LogP contribution >= 0.6 is 11.6 Å². The Balaban J connectivity index is 2.24. The van der Waals surface area contributed by atoms with E-state index in [1.165, 1.54) is 23.9 Å². The summed E-state index contributed by atoms with van der Waals surface area (Å²) in [5, 5.41) is 9.04. The zero-order valence-electron chi connectivity index (χ0n) is 13.5. The van der Waals surface area contributed by atoms with Gasteiger partial charge in [-0.15, -0.1) is 0 Å². The molecule has 2 aromatic carbocycles. The molecular formula is C18H13ClFNO5. The Morgan fingerprint density at radius 1 is 1.27 bits per heavy atom. The Labute approximate surface area is 152 Å². The minimum atomic E-state index is -1.40. The van der Waals surface area contributed by atoms with E-state index in [1.54, 1.807) is 24.3 Å². The third-order valence-electron chi connectivity index (χ3n) is 3.73. The first-order valence-corrected chi connectivity index (χ1v) is 7.80. The minimum Gasteiger partial charge on any atom is -0.477 e. The second-order valence-corrected chi connectivity index (χ2v) is 5.78. The van der Waals surface area contributed by atoms with E-state index in [4.69, 9.17) is 21.1 Å². The Hall–Kier alpha value is -2.90. The highest BCUT2D eigenvalue weighted by Gasteiger charge is 2.17. The summed E-state index contributed by atoms with van der Waals surface area (Å²) in [5.74, 6) is -1.65. The topological polar surface area (TPSA) is 77.8 Å². The van der Waals surface area contributed by atoms with Gasteiger partial charge in [-0.2, -0.15) is 0 Å². The van der Waals surface area contributed by atoms with Crippen LogP contribution in [0.3, 0.4) is 0 Å². The Morgan fingerprint density at radius 2 is 1.96 bits per heavy atom. The number of benzene rings is 2. The third-order valence-corrected chi connectivity index (χ3v) is 4.02. The van der Waals surface area contributed by atoms with Gasteiger partial charge >= 0.3 is 5.97 Å². The van der Waals surface area contributed by atoms with Crippen molar-refractivity contribution >= 4 is 28.5 Å². The van der Waals surface area contributed by atoms with Gasteiger partial charge in [-0.05, 0) is 36.4 Å². The van der Waals surface area contributed by atoms with Gasteiger partial charge < -0.3 is 19.1 Å². The molecule has 1 aromatic heterocycles. The number of hydrogen-bond acceptors (Lipinski definition) is 4. The number of aromatic carboxylic acids is 1. The Bertz CT molecular complexity index is 1050. The minimum absolute atomic E-state index is 0.0773. The maximum absolute atomic E-state index is 13.8. The highest BCUT2D eigenvalue weighted by molar-refractivity contribution is 6.31. The van der Waals surface area contributed by atoms with Gasteiger partial charge in [0.15, 0.2) is 6.79 Å². The molecule has 6 nitrogen and oxygen atoms in total. The number of halogens is 2. The Morgan fingerprint density at radius 3 is 2.58 bits per heavy atom. The van der Waals surface area contributed by atoms with Gasteiger partial charge in [0.1, 0.15) is 17.1 Å². The van der Waals surface area contributed by atoms with E-state index in [-0.39, 0.29) is 22.7 Å². The van der Waals surface area contributed by atoms with Crippen molar-refractivity contribution < 1.29 is 23.8 Å². The first kappa shape index (κ1) is 17.9. The third kappa shape index (κ3) is 3.26. The standard InChI is InChI=1S/C18H13ClFNO5/c1-25-9-26-11-4-2-10(3-5-11)21-8-13(18(23)24)17(22)12-6-15(20)14(19)7-16(12)21/h2-8H,9H2,1H3,(H,23,24). The lowest BCUT2D eigenvalue weighted by molar-refractivity contribution is 0.0511. The van der Waals surface area contributed by atoms with Crippen molar-refractivity contribution in [2.75, 3.05) is 13.9 Å². The molecule has 0 saturated heterocycles. The smallest absolute Gasteiger partial charge is 0.341 e. The molecule has 8 heteroatoms. The first-order valence-electron chi connectivity index (χ1n) is 7.42. The van der Waals surface area contributed by atoms with Crippen LogP contribution in [-0.2, 0) is 4.74 Å². The van der Waals surface area contributed by atoms with Crippen LogP contribution in [0.2, 0.25) is 5.02 Å². The summed E-state index contributed by atoms with van der Waals surface area (Å²) in [6, 6.07) is 8.87. The fraction of sp³-hybridized carbons (Fsp3) is 0.111. The van der Waals surface area contributed by atoms with E-state index >= 15 is 0 Å². The van der Waals surface area contributed by atoms with Crippen LogP contribution in [0.4, 0.5) is 4.39 Å². The van der Waals surface area contributed by atoms with Gasteiger partial charge in [0.2, 0.25) is 5.43 Å². The van der Waals surface area contributed by atoms with Crippen LogP contribution in [0.25, 0.3) is 16.6 Å². The van der Waals surface area contributed by atoms with Crippen molar-refractivity contribution in [2.45, 2.75) is 0 Å². The molecule has 0 aliphatic carbocycles. The summed E-state index contributed by atoms with van der Waals surface area (Å²) in [5.41, 5.74) is -0.416. The van der Waals surface area contributed by atoms with Crippen molar-refractivity contribution in [3.05, 3.63) is 69.2 Å². The van der Waals surface area contributed by atoms with Gasteiger partial charge in [0.25, 0.3) is 0 Å². The lowest BCUT2D eigenvalue weighted by atomic mass is 10.1. The molecule has 0 aliphatic heterocycles. The van der Waals surface area contributed by atoms with Crippen molar-refractivity contribution in [3.8, 4) is 11.4 Å². The second kappa shape index (κ2) is 7.15. The number of carbonyl (C=O) groups is 1. The molecule has 3 aromatic rings. The van der Waals surface area contributed by atoms with Crippen molar-refractivity contribution in [1.29, 1.82) is 0 Å². The quantitative estimate of drug-likeness (QED) is 0.689. The molecule has 3 rings (SSSR count). The highest BCUT2D eigenvalue weighted by Crippen LogP contribution is 2.25. The fourth-order valence-corrected chi connectivity index (χ4v) is 2.67. The van der Waals surface area contributed by atoms with Crippen LogP contribution in [0.5, 0.6) is 5.75 Å². The molecule has 0 unspecified atom stereocenters. The van der Waals surface area contributed by atoms with Crippen LogP contribution < -0.4 is 10.2 Å². The molecular weight excluding hydrogens is 365 g/mol. The lowest BCUT2D eigenvalue weighted by Crippen LogP contribution is -2.18. The van der Waals surface area contributed by atoms with Crippen LogP contribution in [0.1, 0.15) is 10.4 Å². The molecule has 0 spiro atoms. The number of rotatable bonds is 5. The van der Waals surface area contributed by atoms with E-state index in [0.717, 1.165) is 6.07 Å². The SMILES string of the molecule is COCOc1ccc(-n2cc(C(=O)O)c(=O)c3cc(F)c(Cl)cc32)cc1.